The third-order valence-corrected chi connectivity index (χ3v) is 4.00. The molecule has 0 aliphatic carbocycles. The number of aromatic carboxylic acids is 1. The summed E-state index contributed by atoms with van der Waals surface area (Å²) in [5.41, 5.74) is 1.04. The van der Waals surface area contributed by atoms with Crippen molar-refractivity contribution in [2.45, 2.75) is 25.5 Å². The van der Waals surface area contributed by atoms with Crippen LogP contribution in [-0.4, -0.2) is 27.5 Å². The highest BCUT2D eigenvalue weighted by Gasteiger charge is 2.20. The fourth-order valence-corrected chi connectivity index (χ4v) is 2.91. The molecule has 6 heteroatoms. The second kappa shape index (κ2) is 4.94. The molecule has 1 aliphatic rings. The van der Waals surface area contributed by atoms with E-state index in [-0.39, 0.29) is 11.8 Å². The molecular weight excluding hydrogens is 312 g/mol. The molecule has 0 amide bonds. The minimum atomic E-state index is -0.953. The van der Waals surface area contributed by atoms with E-state index in [0.29, 0.717) is 4.47 Å². The van der Waals surface area contributed by atoms with Gasteiger partial charge in [-0.25, -0.2) is 9.48 Å². The van der Waals surface area contributed by atoms with Crippen molar-refractivity contribution in [2.24, 2.45) is 0 Å². The first kappa shape index (κ1) is 12.6. The van der Waals surface area contributed by atoms with Crippen molar-refractivity contribution < 1.29 is 14.6 Å². The zero-order valence-electron chi connectivity index (χ0n) is 10.2. The van der Waals surface area contributed by atoms with Gasteiger partial charge in [-0.15, -0.1) is 0 Å². The third-order valence-electron chi connectivity index (χ3n) is 3.34. The molecule has 0 saturated carbocycles. The topological polar surface area (TPSA) is 64.3 Å². The molecule has 1 aliphatic heterocycles. The molecule has 1 aromatic heterocycles. The molecular formula is C13H13BrN2O3. The maximum Gasteiger partial charge on any atom is 0.336 e. The lowest BCUT2D eigenvalue weighted by Gasteiger charge is -2.23. The molecule has 1 unspecified atom stereocenters. The van der Waals surface area contributed by atoms with E-state index in [4.69, 9.17) is 4.74 Å². The minimum absolute atomic E-state index is 0.0888. The van der Waals surface area contributed by atoms with Crippen LogP contribution in [-0.2, 0) is 4.74 Å². The predicted molar refractivity (Wildman–Crippen MR) is 73.2 cm³/mol. The van der Waals surface area contributed by atoms with Crippen molar-refractivity contribution in [1.82, 2.24) is 9.78 Å². The molecule has 5 nitrogen and oxygen atoms in total. The summed E-state index contributed by atoms with van der Waals surface area (Å²) in [6, 6.07) is 3.43. The summed E-state index contributed by atoms with van der Waals surface area (Å²) >= 11 is 3.27. The third kappa shape index (κ3) is 2.26. The number of carboxylic acids is 1. The Morgan fingerprint density at radius 2 is 2.32 bits per heavy atom. The lowest BCUT2D eigenvalue weighted by Crippen LogP contribution is -2.19. The van der Waals surface area contributed by atoms with Crippen LogP contribution < -0.4 is 0 Å². The lowest BCUT2D eigenvalue weighted by molar-refractivity contribution is -0.0366. The molecule has 0 bridgehead atoms. The van der Waals surface area contributed by atoms with E-state index < -0.39 is 5.97 Å². The van der Waals surface area contributed by atoms with Crippen molar-refractivity contribution in [1.29, 1.82) is 0 Å². The van der Waals surface area contributed by atoms with Gasteiger partial charge in [0.2, 0.25) is 0 Å². The number of ether oxygens (including phenoxy) is 1. The number of carboxylic acid groups (broad SMARTS) is 1. The van der Waals surface area contributed by atoms with Gasteiger partial charge in [0.1, 0.15) is 0 Å². The summed E-state index contributed by atoms with van der Waals surface area (Å²) in [7, 11) is 0. The summed E-state index contributed by atoms with van der Waals surface area (Å²) < 4.78 is 8.05. The van der Waals surface area contributed by atoms with E-state index in [2.05, 4.69) is 21.0 Å². The summed E-state index contributed by atoms with van der Waals surface area (Å²) in [6.45, 7) is 0.730. The second-order valence-electron chi connectivity index (χ2n) is 4.61. The number of nitrogens with zero attached hydrogens (tertiary/aromatic N) is 2. The fourth-order valence-electron chi connectivity index (χ4n) is 2.38. The highest BCUT2D eigenvalue weighted by molar-refractivity contribution is 9.10. The Kier molecular flexibility index (Phi) is 3.28. The highest BCUT2D eigenvalue weighted by Crippen LogP contribution is 2.29. The Hall–Kier alpha value is -1.40. The van der Waals surface area contributed by atoms with Crippen molar-refractivity contribution >= 4 is 32.8 Å². The van der Waals surface area contributed by atoms with Crippen LogP contribution in [0.1, 0.15) is 35.8 Å². The number of fused-ring (bicyclic) bond motifs is 1. The Bertz CT molecular complexity index is 632. The first-order valence-electron chi connectivity index (χ1n) is 6.18. The first-order valence-corrected chi connectivity index (χ1v) is 6.98. The summed E-state index contributed by atoms with van der Waals surface area (Å²) in [5, 5.41) is 14.4. The normalized spacial score (nSPS) is 19.7. The molecule has 2 aromatic rings. The van der Waals surface area contributed by atoms with Crippen LogP contribution in [0.25, 0.3) is 10.9 Å². The molecule has 1 saturated heterocycles. The standard InChI is InChI=1S/C13H13BrN2O3/c14-10-5-8-7-15-16(12-3-1-2-4-19-12)11(8)6-9(10)13(17)18/h5-7,12H,1-4H2,(H,17,18). The van der Waals surface area contributed by atoms with Gasteiger partial charge in [-0.3, -0.25) is 0 Å². The Morgan fingerprint density at radius 3 is 3.00 bits per heavy atom. The molecule has 1 aromatic carbocycles. The van der Waals surface area contributed by atoms with Crippen molar-refractivity contribution in [2.75, 3.05) is 6.61 Å². The largest absolute Gasteiger partial charge is 0.478 e. The van der Waals surface area contributed by atoms with Gasteiger partial charge in [0.15, 0.2) is 6.23 Å². The minimum Gasteiger partial charge on any atom is -0.478 e. The maximum absolute atomic E-state index is 11.2. The van der Waals surface area contributed by atoms with Crippen LogP contribution in [0.4, 0.5) is 0 Å². The molecule has 0 radical (unpaired) electrons. The van der Waals surface area contributed by atoms with Gasteiger partial charge in [-0.1, -0.05) is 0 Å². The maximum atomic E-state index is 11.2. The number of hydrogen-bond donors (Lipinski definition) is 1. The predicted octanol–water partition coefficient (Wildman–Crippen LogP) is 3.20. The fraction of sp³-hybridized carbons (Fsp3) is 0.385. The lowest BCUT2D eigenvalue weighted by atomic mass is 10.1. The van der Waals surface area contributed by atoms with Gasteiger partial charge in [0, 0.05) is 16.5 Å². The van der Waals surface area contributed by atoms with Crippen LogP contribution in [0.2, 0.25) is 0 Å². The van der Waals surface area contributed by atoms with Gasteiger partial charge in [-0.05, 0) is 47.3 Å². The second-order valence-corrected chi connectivity index (χ2v) is 5.46. The van der Waals surface area contributed by atoms with Crippen LogP contribution in [0, 0.1) is 0 Å². The molecule has 1 fully saturated rings. The van der Waals surface area contributed by atoms with E-state index in [1.807, 2.05) is 0 Å². The molecule has 3 rings (SSSR count). The Morgan fingerprint density at radius 1 is 1.47 bits per heavy atom. The van der Waals surface area contributed by atoms with Crippen LogP contribution in [0.3, 0.4) is 0 Å². The zero-order valence-corrected chi connectivity index (χ0v) is 11.8. The van der Waals surface area contributed by atoms with Crippen LogP contribution >= 0.6 is 15.9 Å². The smallest absolute Gasteiger partial charge is 0.336 e. The van der Waals surface area contributed by atoms with E-state index in [1.165, 1.54) is 0 Å². The number of halogens is 1. The van der Waals surface area contributed by atoms with E-state index in [9.17, 15) is 9.90 Å². The average Bonchev–Trinajstić information content (AvgIpc) is 2.81. The summed E-state index contributed by atoms with van der Waals surface area (Å²) in [4.78, 5) is 11.2. The molecule has 100 valence electrons. The number of aromatic nitrogens is 2. The summed E-state index contributed by atoms with van der Waals surface area (Å²) in [6.07, 6.45) is 4.74. The quantitative estimate of drug-likeness (QED) is 0.921. The van der Waals surface area contributed by atoms with Crippen molar-refractivity contribution in [3.05, 3.63) is 28.4 Å². The van der Waals surface area contributed by atoms with Gasteiger partial charge in [0.05, 0.1) is 17.3 Å². The number of hydrogen-bond acceptors (Lipinski definition) is 3. The Labute approximate surface area is 118 Å². The molecule has 1 atom stereocenters. The number of benzene rings is 1. The van der Waals surface area contributed by atoms with E-state index in [1.54, 1.807) is 23.0 Å². The van der Waals surface area contributed by atoms with E-state index in [0.717, 1.165) is 36.8 Å². The van der Waals surface area contributed by atoms with Gasteiger partial charge in [-0.2, -0.15) is 5.10 Å². The van der Waals surface area contributed by atoms with E-state index >= 15 is 0 Å². The molecule has 2 heterocycles. The average molecular weight is 325 g/mol. The van der Waals surface area contributed by atoms with Crippen molar-refractivity contribution in [3.63, 3.8) is 0 Å². The number of rotatable bonds is 2. The van der Waals surface area contributed by atoms with Crippen LogP contribution in [0.15, 0.2) is 22.8 Å². The van der Waals surface area contributed by atoms with Gasteiger partial charge in [0.25, 0.3) is 0 Å². The SMILES string of the molecule is O=C(O)c1cc2c(cnn2C2CCCCO2)cc1Br. The first-order chi connectivity index (χ1) is 9.16. The molecule has 1 N–H and O–H groups in total. The van der Waals surface area contributed by atoms with Crippen LogP contribution in [0.5, 0.6) is 0 Å². The molecule has 0 spiro atoms. The van der Waals surface area contributed by atoms with Gasteiger partial charge >= 0.3 is 5.97 Å². The zero-order chi connectivity index (χ0) is 13.4. The molecule has 19 heavy (non-hydrogen) atoms. The van der Waals surface area contributed by atoms with Crippen molar-refractivity contribution in [3.8, 4) is 0 Å². The number of carbonyl (C=O) groups is 1. The Balaban J connectivity index is 2.10. The monoisotopic (exact) mass is 324 g/mol. The highest BCUT2D eigenvalue weighted by atomic mass is 79.9. The summed E-state index contributed by atoms with van der Waals surface area (Å²) in [5.74, 6) is -0.953. The van der Waals surface area contributed by atoms with Gasteiger partial charge < -0.3 is 9.84 Å².